The molecule has 222 valence electrons. The smallest absolute Gasteiger partial charge is 0.290 e. The molecule has 5 heterocycles. The van der Waals surface area contributed by atoms with Crippen molar-refractivity contribution in [2.75, 3.05) is 10.6 Å². The molecular weight excluding hydrogens is 562 g/mol. The Labute approximate surface area is 251 Å². The summed E-state index contributed by atoms with van der Waals surface area (Å²) in [5, 5.41) is 5.62. The number of pyridine rings is 1. The van der Waals surface area contributed by atoms with E-state index in [4.69, 9.17) is 4.52 Å². The number of hydrogen-bond acceptors (Lipinski definition) is 8. The van der Waals surface area contributed by atoms with Gasteiger partial charge in [0.15, 0.2) is 11.5 Å². The minimum absolute atomic E-state index is 0.193. The Balaban J connectivity index is 1.32. The minimum atomic E-state index is -0.447. The standard InChI is InChI=1S/C31H29N9O4/c1-6-40-24(22-11-10-20(14-32-22)26-17(2)44-39(5)31(26)43)13-23-28(40)27(35-18(3)34-23)30(42)36-21-9-7-8-19(12-21)29(41)37-25-15-38(4)16-33-25/h7-16H,6H2,1-5H3,(H,36,42)(H,37,41). The third-order valence-electron chi connectivity index (χ3n) is 7.16. The number of benzene rings is 1. The maximum atomic E-state index is 13.7. The summed E-state index contributed by atoms with van der Waals surface area (Å²) in [5.41, 5.74) is 4.38. The molecule has 6 rings (SSSR count). The summed E-state index contributed by atoms with van der Waals surface area (Å²) >= 11 is 0. The van der Waals surface area contributed by atoms with Crippen molar-refractivity contribution >= 4 is 34.4 Å². The van der Waals surface area contributed by atoms with Crippen molar-refractivity contribution < 1.29 is 14.1 Å². The number of rotatable bonds is 7. The first-order valence-corrected chi connectivity index (χ1v) is 13.8. The summed E-state index contributed by atoms with van der Waals surface area (Å²) in [5.74, 6) is 0.561. The summed E-state index contributed by atoms with van der Waals surface area (Å²) < 4.78 is 10.3. The zero-order chi connectivity index (χ0) is 31.1. The van der Waals surface area contributed by atoms with Gasteiger partial charge < -0.3 is 24.3 Å². The number of nitrogens with zero attached hydrogens (tertiary/aromatic N) is 7. The monoisotopic (exact) mass is 591 g/mol. The summed E-state index contributed by atoms with van der Waals surface area (Å²) in [6.45, 7) is 5.93. The molecule has 1 aromatic carbocycles. The lowest BCUT2D eigenvalue weighted by Crippen LogP contribution is -2.18. The van der Waals surface area contributed by atoms with Crippen LogP contribution in [0, 0.1) is 13.8 Å². The Morgan fingerprint density at radius 1 is 0.977 bits per heavy atom. The average molecular weight is 592 g/mol. The molecule has 0 aliphatic carbocycles. The second-order valence-corrected chi connectivity index (χ2v) is 10.3. The van der Waals surface area contributed by atoms with Crippen LogP contribution in [0.4, 0.5) is 11.5 Å². The van der Waals surface area contributed by atoms with Gasteiger partial charge in [0.25, 0.3) is 17.4 Å². The number of imidazole rings is 1. The van der Waals surface area contributed by atoms with Crippen LogP contribution in [-0.2, 0) is 20.6 Å². The number of fused-ring (bicyclic) bond motifs is 1. The highest BCUT2D eigenvalue weighted by molar-refractivity contribution is 6.11. The van der Waals surface area contributed by atoms with Crippen LogP contribution < -0.4 is 16.2 Å². The van der Waals surface area contributed by atoms with E-state index in [1.54, 1.807) is 68.4 Å². The number of hydrogen-bond donors (Lipinski definition) is 2. The maximum Gasteiger partial charge on any atom is 0.290 e. The normalized spacial score (nSPS) is 11.2. The molecule has 6 aromatic rings. The number of nitrogens with one attached hydrogen (secondary N) is 2. The molecule has 13 heteroatoms. The van der Waals surface area contributed by atoms with Crippen molar-refractivity contribution in [3.8, 4) is 22.5 Å². The van der Waals surface area contributed by atoms with Gasteiger partial charge in [0.2, 0.25) is 0 Å². The fourth-order valence-corrected chi connectivity index (χ4v) is 5.20. The lowest BCUT2D eigenvalue weighted by Gasteiger charge is -2.12. The van der Waals surface area contributed by atoms with Crippen molar-refractivity contribution in [3.63, 3.8) is 0 Å². The van der Waals surface area contributed by atoms with Crippen LogP contribution in [0.25, 0.3) is 33.5 Å². The van der Waals surface area contributed by atoms with Gasteiger partial charge in [0, 0.05) is 49.8 Å². The fourth-order valence-electron chi connectivity index (χ4n) is 5.20. The van der Waals surface area contributed by atoms with E-state index in [1.807, 2.05) is 36.7 Å². The topological polar surface area (TPSA) is 155 Å². The molecule has 0 saturated carbocycles. The Morgan fingerprint density at radius 2 is 1.80 bits per heavy atom. The van der Waals surface area contributed by atoms with Gasteiger partial charge >= 0.3 is 0 Å². The second kappa shape index (κ2) is 11.1. The first kappa shape index (κ1) is 28.3. The molecule has 0 radical (unpaired) electrons. The van der Waals surface area contributed by atoms with E-state index < -0.39 is 5.91 Å². The second-order valence-electron chi connectivity index (χ2n) is 10.3. The SMILES string of the molecule is CCn1c(-c2ccc(-c3c(C)on(C)c3=O)cn2)cc2nc(C)nc(C(=O)Nc3cccc(C(=O)Nc4cn(C)cn4)c3)c21. The lowest BCUT2D eigenvalue weighted by molar-refractivity contribution is 0.101. The summed E-state index contributed by atoms with van der Waals surface area (Å²) in [6.07, 6.45) is 4.91. The first-order valence-electron chi connectivity index (χ1n) is 13.8. The Bertz CT molecular complexity index is 2120. The Morgan fingerprint density at radius 3 is 2.45 bits per heavy atom. The molecule has 44 heavy (non-hydrogen) atoms. The van der Waals surface area contributed by atoms with Crippen LogP contribution in [0.2, 0.25) is 0 Å². The van der Waals surface area contributed by atoms with Gasteiger partial charge in [-0.2, -0.15) is 4.74 Å². The highest BCUT2D eigenvalue weighted by Crippen LogP contribution is 2.30. The summed E-state index contributed by atoms with van der Waals surface area (Å²) in [6, 6.07) is 12.1. The van der Waals surface area contributed by atoms with E-state index in [0.29, 0.717) is 63.1 Å². The van der Waals surface area contributed by atoms with E-state index in [9.17, 15) is 14.4 Å². The van der Waals surface area contributed by atoms with Crippen LogP contribution >= 0.6 is 0 Å². The van der Waals surface area contributed by atoms with Gasteiger partial charge in [-0.15, -0.1) is 0 Å². The van der Waals surface area contributed by atoms with Crippen LogP contribution in [0.1, 0.15) is 39.4 Å². The summed E-state index contributed by atoms with van der Waals surface area (Å²) in [4.78, 5) is 56.8. The number of carbonyl (C=O) groups excluding carboxylic acids is 2. The zero-order valence-corrected chi connectivity index (χ0v) is 24.7. The molecule has 0 spiro atoms. The van der Waals surface area contributed by atoms with E-state index in [1.165, 1.54) is 4.74 Å². The van der Waals surface area contributed by atoms with Crippen molar-refractivity contribution in [3.05, 3.63) is 94.4 Å². The predicted molar refractivity (Wildman–Crippen MR) is 164 cm³/mol. The Kier molecular flexibility index (Phi) is 7.13. The summed E-state index contributed by atoms with van der Waals surface area (Å²) in [7, 11) is 3.37. The third-order valence-corrected chi connectivity index (χ3v) is 7.16. The van der Waals surface area contributed by atoms with E-state index >= 15 is 0 Å². The van der Waals surface area contributed by atoms with E-state index in [0.717, 1.165) is 5.69 Å². The molecule has 2 amide bonds. The highest BCUT2D eigenvalue weighted by atomic mass is 16.5. The lowest BCUT2D eigenvalue weighted by atomic mass is 10.1. The van der Waals surface area contributed by atoms with Crippen LogP contribution in [-0.4, -0.2) is 45.6 Å². The van der Waals surface area contributed by atoms with E-state index in [2.05, 4.69) is 30.6 Å². The van der Waals surface area contributed by atoms with Crippen LogP contribution in [0.5, 0.6) is 0 Å². The molecular formula is C31H29N9O4. The van der Waals surface area contributed by atoms with Crippen molar-refractivity contribution in [1.82, 2.24) is 33.8 Å². The fraction of sp³-hybridized carbons (Fsp3) is 0.194. The molecule has 0 aliphatic rings. The molecule has 5 aromatic heterocycles. The Hall–Kier alpha value is -5.85. The van der Waals surface area contributed by atoms with Gasteiger partial charge in [-0.3, -0.25) is 19.4 Å². The van der Waals surface area contributed by atoms with Crippen LogP contribution in [0.3, 0.4) is 0 Å². The molecule has 13 nitrogen and oxygen atoms in total. The number of amides is 2. The van der Waals surface area contributed by atoms with Crippen molar-refractivity contribution in [1.29, 1.82) is 0 Å². The number of aromatic nitrogens is 7. The van der Waals surface area contributed by atoms with Crippen molar-refractivity contribution in [2.24, 2.45) is 14.1 Å². The molecule has 0 unspecified atom stereocenters. The average Bonchev–Trinajstić information content (AvgIpc) is 3.66. The quantitative estimate of drug-likeness (QED) is 0.278. The highest BCUT2D eigenvalue weighted by Gasteiger charge is 2.22. The predicted octanol–water partition coefficient (Wildman–Crippen LogP) is 4.33. The largest absolute Gasteiger partial charge is 0.381 e. The molecule has 0 saturated heterocycles. The number of carbonyl (C=O) groups is 2. The van der Waals surface area contributed by atoms with Gasteiger partial charge in [-0.1, -0.05) is 12.1 Å². The number of anilines is 2. The molecule has 0 bridgehead atoms. The van der Waals surface area contributed by atoms with Gasteiger partial charge in [-0.05, 0) is 51.1 Å². The third kappa shape index (κ3) is 5.15. The molecule has 0 fully saturated rings. The van der Waals surface area contributed by atoms with Crippen LogP contribution in [0.15, 0.2) is 70.5 Å². The van der Waals surface area contributed by atoms with E-state index in [-0.39, 0.29) is 17.2 Å². The first-order chi connectivity index (χ1) is 21.1. The molecule has 0 atom stereocenters. The molecule has 2 N–H and O–H groups in total. The van der Waals surface area contributed by atoms with Gasteiger partial charge in [-0.25, -0.2) is 15.0 Å². The van der Waals surface area contributed by atoms with Crippen molar-refractivity contribution in [2.45, 2.75) is 27.3 Å². The minimum Gasteiger partial charge on any atom is -0.381 e. The zero-order valence-electron chi connectivity index (χ0n) is 24.7. The maximum absolute atomic E-state index is 13.7. The van der Waals surface area contributed by atoms with Gasteiger partial charge in [0.05, 0.1) is 34.3 Å². The van der Waals surface area contributed by atoms with Gasteiger partial charge in [0.1, 0.15) is 11.6 Å². The number of aryl methyl sites for hydroxylation is 5. The molecule has 0 aliphatic heterocycles.